The van der Waals surface area contributed by atoms with Crippen LogP contribution in [0.25, 0.3) is 22.6 Å². The van der Waals surface area contributed by atoms with E-state index in [0.29, 0.717) is 6.54 Å². The van der Waals surface area contributed by atoms with Gasteiger partial charge in [0.25, 0.3) is 0 Å². The smallest absolute Gasteiger partial charge is 0.223 e. The lowest BCUT2D eigenvalue weighted by atomic mass is 9.85. The van der Waals surface area contributed by atoms with Crippen LogP contribution in [0.15, 0.2) is 48.7 Å². The highest BCUT2D eigenvalue weighted by molar-refractivity contribution is 5.85. The van der Waals surface area contributed by atoms with E-state index in [1.165, 1.54) is 5.56 Å². The number of benzene rings is 1. The summed E-state index contributed by atoms with van der Waals surface area (Å²) >= 11 is 0. The number of carbonyl (C=O) groups excluding carboxylic acids is 1. The maximum Gasteiger partial charge on any atom is 0.223 e. The van der Waals surface area contributed by atoms with Gasteiger partial charge in [-0.05, 0) is 38.3 Å². The molecule has 6 nitrogen and oxygen atoms in total. The molecule has 1 aliphatic rings. The van der Waals surface area contributed by atoms with Gasteiger partial charge in [-0.15, -0.1) is 12.4 Å². The average Bonchev–Trinajstić information content (AvgIpc) is 3.17. The van der Waals surface area contributed by atoms with Gasteiger partial charge in [0.15, 0.2) is 0 Å². The van der Waals surface area contributed by atoms with Gasteiger partial charge >= 0.3 is 0 Å². The molecule has 3 aromatic rings. The van der Waals surface area contributed by atoms with Crippen molar-refractivity contribution in [2.75, 3.05) is 0 Å². The van der Waals surface area contributed by atoms with Crippen molar-refractivity contribution in [3.63, 3.8) is 0 Å². The van der Waals surface area contributed by atoms with E-state index in [1.54, 1.807) is 6.20 Å². The van der Waals surface area contributed by atoms with Crippen molar-refractivity contribution in [1.82, 2.24) is 20.3 Å². The third-order valence-corrected chi connectivity index (χ3v) is 5.51. The van der Waals surface area contributed by atoms with Gasteiger partial charge in [-0.1, -0.05) is 42.3 Å². The molecule has 0 bridgehead atoms. The second-order valence-electron chi connectivity index (χ2n) is 7.83. The zero-order valence-electron chi connectivity index (χ0n) is 17.1. The first-order valence-corrected chi connectivity index (χ1v) is 10.2. The molecule has 2 heterocycles. The first kappa shape index (κ1) is 22.0. The number of hydrogen-bond acceptors (Lipinski definition) is 4. The molecule has 4 N–H and O–H groups in total. The van der Waals surface area contributed by atoms with Gasteiger partial charge in [0.1, 0.15) is 5.82 Å². The number of imidazole rings is 1. The van der Waals surface area contributed by atoms with E-state index in [4.69, 9.17) is 10.7 Å². The summed E-state index contributed by atoms with van der Waals surface area (Å²) in [5, 5.41) is 3.03. The Morgan fingerprint density at radius 3 is 2.70 bits per heavy atom. The van der Waals surface area contributed by atoms with Crippen LogP contribution in [0.5, 0.6) is 0 Å². The number of aromatic nitrogens is 3. The summed E-state index contributed by atoms with van der Waals surface area (Å²) in [5.74, 6) is 0.781. The first-order valence-electron chi connectivity index (χ1n) is 10.2. The zero-order chi connectivity index (χ0) is 20.2. The Morgan fingerprint density at radius 1 is 1.20 bits per heavy atom. The number of hydrogen-bond donors (Lipinski definition) is 3. The van der Waals surface area contributed by atoms with E-state index < -0.39 is 0 Å². The number of nitrogens with zero attached hydrogens (tertiary/aromatic N) is 2. The fourth-order valence-electron chi connectivity index (χ4n) is 3.90. The van der Waals surface area contributed by atoms with Crippen molar-refractivity contribution >= 4 is 18.3 Å². The van der Waals surface area contributed by atoms with Crippen molar-refractivity contribution in [3.05, 3.63) is 60.0 Å². The number of rotatable bonds is 5. The van der Waals surface area contributed by atoms with Gasteiger partial charge in [0.05, 0.1) is 23.6 Å². The van der Waals surface area contributed by atoms with Crippen molar-refractivity contribution in [2.24, 2.45) is 11.7 Å². The van der Waals surface area contributed by atoms with Crippen LogP contribution in [-0.2, 0) is 11.3 Å². The molecule has 1 aliphatic carbocycles. The number of H-pyrrole nitrogens is 1. The van der Waals surface area contributed by atoms with Crippen LogP contribution >= 0.6 is 12.4 Å². The molecule has 1 fully saturated rings. The molecule has 0 spiro atoms. The van der Waals surface area contributed by atoms with Gasteiger partial charge in [0, 0.05) is 23.7 Å². The average molecular weight is 426 g/mol. The van der Waals surface area contributed by atoms with Crippen LogP contribution in [0.4, 0.5) is 0 Å². The normalized spacial score (nSPS) is 18.5. The molecule has 1 amide bonds. The number of carbonyl (C=O) groups is 1. The first-order chi connectivity index (χ1) is 14.1. The van der Waals surface area contributed by atoms with Gasteiger partial charge < -0.3 is 16.0 Å². The van der Waals surface area contributed by atoms with Crippen molar-refractivity contribution in [1.29, 1.82) is 0 Å². The van der Waals surface area contributed by atoms with Gasteiger partial charge in [0.2, 0.25) is 5.91 Å². The van der Waals surface area contributed by atoms with E-state index in [-0.39, 0.29) is 30.3 Å². The predicted octanol–water partition coefficient (Wildman–Crippen LogP) is 4.00. The molecule has 0 saturated heterocycles. The Labute approximate surface area is 183 Å². The molecule has 1 aromatic carbocycles. The number of amides is 1. The molecule has 2 aromatic heterocycles. The lowest BCUT2D eigenvalue weighted by Gasteiger charge is -2.25. The summed E-state index contributed by atoms with van der Waals surface area (Å²) < 4.78 is 0. The van der Waals surface area contributed by atoms with E-state index in [2.05, 4.69) is 46.5 Å². The fourth-order valence-corrected chi connectivity index (χ4v) is 3.90. The highest BCUT2D eigenvalue weighted by Crippen LogP contribution is 2.29. The Hall–Kier alpha value is -2.70. The minimum Gasteiger partial charge on any atom is -0.349 e. The maximum absolute atomic E-state index is 12.6. The van der Waals surface area contributed by atoms with Crippen LogP contribution in [0, 0.1) is 12.8 Å². The third-order valence-electron chi connectivity index (χ3n) is 5.51. The molecule has 2 atom stereocenters. The molecule has 30 heavy (non-hydrogen) atoms. The standard InChI is InChI=1S/C23H27N5O.ClH/c1-15-8-10-16(11-9-15)21-22(19-7-2-3-12-25-19)28-20(27-21)14-26-23(29)17-5-4-6-18(24)13-17;/h2-3,7-12,17-18H,4-6,13-14,24H2,1H3,(H,26,29)(H,27,28);1H/t17-,18+;/m1./s1. The highest BCUT2D eigenvalue weighted by Gasteiger charge is 2.25. The number of nitrogens with one attached hydrogen (secondary N) is 2. The monoisotopic (exact) mass is 425 g/mol. The minimum atomic E-state index is 0. The summed E-state index contributed by atoms with van der Waals surface area (Å²) in [7, 11) is 0. The fraction of sp³-hybridized carbons (Fsp3) is 0.348. The third kappa shape index (κ3) is 5.07. The molecule has 0 aliphatic heterocycles. The molecule has 158 valence electrons. The molecular formula is C23H28ClN5O. The van der Waals surface area contributed by atoms with Crippen molar-refractivity contribution in [2.45, 2.75) is 45.2 Å². The van der Waals surface area contributed by atoms with Crippen LogP contribution in [0.1, 0.15) is 37.1 Å². The van der Waals surface area contributed by atoms with E-state index in [1.807, 2.05) is 18.2 Å². The van der Waals surface area contributed by atoms with Crippen LogP contribution in [0.3, 0.4) is 0 Å². The number of aryl methyl sites for hydroxylation is 1. The number of pyridine rings is 1. The Kier molecular flexibility index (Phi) is 7.24. The van der Waals surface area contributed by atoms with Crippen molar-refractivity contribution < 1.29 is 4.79 Å². The van der Waals surface area contributed by atoms with Crippen LogP contribution < -0.4 is 11.1 Å². The SMILES string of the molecule is Cc1ccc(-c2nc(CNC(=O)[C@@H]3CCC[C@H](N)C3)[nH]c2-c2ccccn2)cc1.Cl. The topological polar surface area (TPSA) is 96.7 Å². The number of halogens is 1. The Bertz CT molecular complexity index is 971. The van der Waals surface area contributed by atoms with Crippen LogP contribution in [-0.4, -0.2) is 26.9 Å². The van der Waals surface area contributed by atoms with Crippen LogP contribution in [0.2, 0.25) is 0 Å². The summed E-state index contributed by atoms with van der Waals surface area (Å²) in [6.45, 7) is 2.42. The molecule has 1 saturated carbocycles. The predicted molar refractivity (Wildman–Crippen MR) is 121 cm³/mol. The maximum atomic E-state index is 12.6. The lowest BCUT2D eigenvalue weighted by molar-refractivity contribution is -0.126. The summed E-state index contributed by atoms with van der Waals surface area (Å²) in [5.41, 5.74) is 10.8. The quantitative estimate of drug-likeness (QED) is 0.575. The molecular weight excluding hydrogens is 398 g/mol. The number of nitrogens with two attached hydrogens (primary N) is 1. The van der Waals surface area contributed by atoms with Gasteiger partial charge in [-0.25, -0.2) is 4.98 Å². The second kappa shape index (κ2) is 9.87. The lowest BCUT2D eigenvalue weighted by Crippen LogP contribution is -2.37. The summed E-state index contributed by atoms with van der Waals surface area (Å²) in [6, 6.07) is 14.2. The summed E-state index contributed by atoms with van der Waals surface area (Å²) in [6.07, 6.45) is 5.46. The molecule has 0 unspecified atom stereocenters. The van der Waals surface area contributed by atoms with Crippen molar-refractivity contribution in [3.8, 4) is 22.6 Å². The minimum absolute atomic E-state index is 0. The number of aromatic amines is 1. The Balaban J connectivity index is 0.00000256. The largest absolute Gasteiger partial charge is 0.349 e. The molecule has 7 heteroatoms. The second-order valence-corrected chi connectivity index (χ2v) is 7.83. The zero-order valence-corrected chi connectivity index (χ0v) is 17.9. The molecule has 4 rings (SSSR count). The Morgan fingerprint density at radius 2 is 2.00 bits per heavy atom. The van der Waals surface area contributed by atoms with Gasteiger partial charge in [-0.2, -0.15) is 0 Å². The van der Waals surface area contributed by atoms with Gasteiger partial charge in [-0.3, -0.25) is 9.78 Å². The van der Waals surface area contributed by atoms with E-state index in [0.717, 1.165) is 54.2 Å². The molecule has 0 radical (unpaired) electrons. The summed E-state index contributed by atoms with van der Waals surface area (Å²) in [4.78, 5) is 25.2. The van der Waals surface area contributed by atoms with E-state index in [9.17, 15) is 4.79 Å². The van der Waals surface area contributed by atoms with E-state index >= 15 is 0 Å². The highest BCUT2D eigenvalue weighted by atomic mass is 35.5.